The van der Waals surface area contributed by atoms with E-state index in [1.54, 1.807) is 0 Å². The second-order valence-electron chi connectivity index (χ2n) is 9.07. The van der Waals surface area contributed by atoms with Gasteiger partial charge >= 0.3 is 0 Å². The zero-order chi connectivity index (χ0) is 24.5. The van der Waals surface area contributed by atoms with Gasteiger partial charge in [0.1, 0.15) is 11.6 Å². The van der Waals surface area contributed by atoms with Gasteiger partial charge in [-0.2, -0.15) is 0 Å². The van der Waals surface area contributed by atoms with E-state index in [9.17, 15) is 4.79 Å². The number of hydrogen-bond donors (Lipinski definition) is 1. The molecule has 0 bridgehead atoms. The number of aromatic nitrogens is 2. The minimum absolute atomic E-state index is 0.000270. The number of nitrogens with one attached hydrogen (secondary N) is 1. The summed E-state index contributed by atoms with van der Waals surface area (Å²) in [5.74, 6) is 2.09. The minimum atomic E-state index is -0.000270. The Morgan fingerprint density at radius 1 is 0.886 bits per heavy atom. The van der Waals surface area contributed by atoms with Gasteiger partial charge in [-0.1, -0.05) is 54.4 Å². The number of benzene rings is 3. The Kier molecular flexibility index (Phi) is 8.55. The summed E-state index contributed by atoms with van der Waals surface area (Å²) in [7, 11) is 0. The van der Waals surface area contributed by atoms with E-state index in [-0.39, 0.29) is 5.91 Å². The molecule has 0 aliphatic rings. The van der Waals surface area contributed by atoms with Gasteiger partial charge in [-0.15, -0.1) is 0 Å². The van der Waals surface area contributed by atoms with Crippen molar-refractivity contribution in [3.05, 3.63) is 95.3 Å². The van der Waals surface area contributed by atoms with Crippen molar-refractivity contribution in [3.63, 3.8) is 0 Å². The highest BCUT2D eigenvalue weighted by atomic mass is 16.5. The first-order chi connectivity index (χ1) is 17.1. The van der Waals surface area contributed by atoms with E-state index in [1.807, 2.05) is 55.5 Å². The molecule has 0 saturated heterocycles. The number of aryl methyl sites for hydroxylation is 4. The molecule has 4 rings (SSSR count). The Morgan fingerprint density at radius 2 is 1.66 bits per heavy atom. The van der Waals surface area contributed by atoms with Crippen LogP contribution in [0.3, 0.4) is 0 Å². The van der Waals surface area contributed by atoms with Gasteiger partial charge in [0.15, 0.2) is 0 Å². The quantitative estimate of drug-likeness (QED) is 0.249. The van der Waals surface area contributed by atoms with Crippen molar-refractivity contribution in [2.75, 3.05) is 13.2 Å². The lowest BCUT2D eigenvalue weighted by molar-refractivity contribution is 0.0953. The van der Waals surface area contributed by atoms with Gasteiger partial charge in [-0.25, -0.2) is 4.98 Å². The molecule has 1 amide bonds. The number of carbonyl (C=O) groups is 1. The maximum absolute atomic E-state index is 12.3. The molecule has 5 nitrogen and oxygen atoms in total. The predicted octanol–water partition coefficient (Wildman–Crippen LogP) is 6.27. The smallest absolute Gasteiger partial charge is 0.251 e. The number of para-hydroxylation sites is 3. The molecule has 1 heterocycles. The minimum Gasteiger partial charge on any atom is -0.493 e. The summed E-state index contributed by atoms with van der Waals surface area (Å²) >= 11 is 0. The summed E-state index contributed by atoms with van der Waals surface area (Å²) in [6.07, 6.45) is 4.91. The fourth-order valence-electron chi connectivity index (χ4n) is 4.28. The van der Waals surface area contributed by atoms with Crippen molar-refractivity contribution >= 4 is 16.9 Å². The third-order valence-electron chi connectivity index (χ3n) is 6.29. The van der Waals surface area contributed by atoms with Crippen LogP contribution in [-0.2, 0) is 13.0 Å². The molecule has 0 aliphatic heterocycles. The van der Waals surface area contributed by atoms with E-state index in [1.165, 1.54) is 5.52 Å². The van der Waals surface area contributed by atoms with Crippen molar-refractivity contribution in [1.29, 1.82) is 0 Å². The summed E-state index contributed by atoms with van der Waals surface area (Å²) in [6.45, 7) is 6.35. The Bertz CT molecular complexity index is 1240. The fourth-order valence-corrected chi connectivity index (χ4v) is 4.28. The summed E-state index contributed by atoms with van der Waals surface area (Å²) in [5.41, 5.74) is 5.27. The van der Waals surface area contributed by atoms with Crippen LogP contribution >= 0.6 is 0 Å². The molecular formula is C30H35N3O2. The van der Waals surface area contributed by atoms with Crippen molar-refractivity contribution in [2.24, 2.45) is 0 Å². The molecule has 35 heavy (non-hydrogen) atoms. The average Bonchev–Trinajstić information content (AvgIpc) is 3.22. The van der Waals surface area contributed by atoms with Crippen LogP contribution in [0.4, 0.5) is 0 Å². The van der Waals surface area contributed by atoms with Gasteiger partial charge in [-0.3, -0.25) is 4.79 Å². The topological polar surface area (TPSA) is 56.2 Å². The highest BCUT2D eigenvalue weighted by Crippen LogP contribution is 2.20. The third kappa shape index (κ3) is 6.72. The lowest BCUT2D eigenvalue weighted by Crippen LogP contribution is -2.24. The van der Waals surface area contributed by atoms with Gasteiger partial charge in [-0.05, 0) is 69.0 Å². The Morgan fingerprint density at radius 3 is 2.49 bits per heavy atom. The fraction of sp³-hybridized carbons (Fsp3) is 0.333. The largest absolute Gasteiger partial charge is 0.493 e. The molecule has 0 radical (unpaired) electrons. The number of ether oxygens (including phenoxy) is 1. The van der Waals surface area contributed by atoms with Gasteiger partial charge in [0.2, 0.25) is 0 Å². The number of carbonyl (C=O) groups excluding carboxylic acids is 1. The highest BCUT2D eigenvalue weighted by Gasteiger charge is 2.10. The van der Waals surface area contributed by atoms with Crippen molar-refractivity contribution < 1.29 is 9.53 Å². The van der Waals surface area contributed by atoms with Crippen LogP contribution in [-0.4, -0.2) is 28.6 Å². The van der Waals surface area contributed by atoms with Crippen LogP contribution in [0, 0.1) is 13.8 Å². The highest BCUT2D eigenvalue weighted by molar-refractivity contribution is 5.94. The van der Waals surface area contributed by atoms with E-state index in [0.717, 1.165) is 72.4 Å². The lowest BCUT2D eigenvalue weighted by atomic mass is 10.1. The van der Waals surface area contributed by atoms with Crippen LogP contribution in [0.1, 0.15) is 53.0 Å². The van der Waals surface area contributed by atoms with Crippen LogP contribution in [0.5, 0.6) is 5.75 Å². The number of rotatable bonds is 12. The molecule has 0 unspecified atom stereocenters. The van der Waals surface area contributed by atoms with Crippen molar-refractivity contribution in [1.82, 2.24) is 14.9 Å². The molecule has 0 fully saturated rings. The molecule has 0 spiro atoms. The lowest BCUT2D eigenvalue weighted by Gasteiger charge is -2.12. The molecule has 0 saturated carbocycles. The normalized spacial score (nSPS) is 11.0. The summed E-state index contributed by atoms with van der Waals surface area (Å²) in [4.78, 5) is 17.2. The Hall–Kier alpha value is -3.60. The second-order valence-corrected chi connectivity index (χ2v) is 9.07. The number of hydrogen-bond acceptors (Lipinski definition) is 3. The number of nitrogens with zero attached hydrogens (tertiary/aromatic N) is 2. The van der Waals surface area contributed by atoms with E-state index in [2.05, 4.69) is 41.1 Å². The molecule has 182 valence electrons. The molecule has 5 heteroatoms. The third-order valence-corrected chi connectivity index (χ3v) is 6.29. The first-order valence-electron chi connectivity index (χ1n) is 12.6. The Balaban J connectivity index is 1.24. The van der Waals surface area contributed by atoms with Crippen LogP contribution < -0.4 is 10.1 Å². The SMILES string of the molecule is Cc1ccc(C(=O)NCCCCCc2nc3ccccc3n2CCCOc2ccccc2C)cc1. The zero-order valence-electron chi connectivity index (χ0n) is 20.8. The first kappa shape index (κ1) is 24.5. The monoisotopic (exact) mass is 469 g/mol. The van der Waals surface area contributed by atoms with E-state index in [0.29, 0.717) is 13.2 Å². The molecule has 1 aromatic heterocycles. The summed E-state index contributed by atoms with van der Waals surface area (Å²) < 4.78 is 8.34. The van der Waals surface area contributed by atoms with Crippen molar-refractivity contribution in [3.8, 4) is 5.75 Å². The first-order valence-corrected chi connectivity index (χ1v) is 12.6. The van der Waals surface area contributed by atoms with Gasteiger partial charge in [0.25, 0.3) is 5.91 Å². The van der Waals surface area contributed by atoms with Crippen LogP contribution in [0.25, 0.3) is 11.0 Å². The molecular weight excluding hydrogens is 434 g/mol. The molecule has 0 aliphatic carbocycles. The molecule has 1 N–H and O–H groups in total. The van der Waals surface area contributed by atoms with Crippen LogP contribution in [0.15, 0.2) is 72.8 Å². The number of amides is 1. The Labute approximate surface area is 208 Å². The maximum Gasteiger partial charge on any atom is 0.251 e. The number of unbranched alkanes of at least 4 members (excludes halogenated alkanes) is 2. The van der Waals surface area contributed by atoms with Crippen LogP contribution in [0.2, 0.25) is 0 Å². The molecule has 4 aromatic rings. The van der Waals surface area contributed by atoms with E-state index >= 15 is 0 Å². The molecule has 0 atom stereocenters. The van der Waals surface area contributed by atoms with Gasteiger partial charge in [0.05, 0.1) is 17.6 Å². The van der Waals surface area contributed by atoms with E-state index < -0.39 is 0 Å². The summed E-state index contributed by atoms with van der Waals surface area (Å²) in [5, 5.41) is 3.03. The summed E-state index contributed by atoms with van der Waals surface area (Å²) in [6, 6.07) is 24.2. The predicted molar refractivity (Wildman–Crippen MR) is 142 cm³/mol. The zero-order valence-corrected chi connectivity index (χ0v) is 20.8. The van der Waals surface area contributed by atoms with Gasteiger partial charge < -0.3 is 14.6 Å². The van der Waals surface area contributed by atoms with E-state index in [4.69, 9.17) is 9.72 Å². The number of fused-ring (bicyclic) bond motifs is 1. The maximum atomic E-state index is 12.3. The number of imidazole rings is 1. The standard InChI is InChI=1S/C30H35N3O2/c1-23-16-18-25(19-17-23)30(34)31-20-9-3-4-15-29-32-26-12-6-7-13-27(26)33(29)21-10-22-35-28-14-8-5-11-24(28)2/h5-8,11-14,16-19H,3-4,9-10,15,20-22H2,1-2H3,(H,31,34). The van der Waals surface area contributed by atoms with Gasteiger partial charge in [0, 0.05) is 25.1 Å². The molecule has 3 aromatic carbocycles. The van der Waals surface area contributed by atoms with Crippen molar-refractivity contribution in [2.45, 2.75) is 52.5 Å². The average molecular weight is 470 g/mol. The second kappa shape index (κ2) is 12.2.